The number of aliphatic hydroxyl groups is 3. The molecule has 3 amide bonds. The maximum atomic E-state index is 12.2. The van der Waals surface area contributed by atoms with E-state index in [4.69, 9.17) is 10.8 Å². The number of aliphatic hydroxyl groups excluding tert-OH is 3. The van der Waals surface area contributed by atoms with Crippen molar-refractivity contribution >= 4 is 36.3 Å². The molecule has 0 bridgehead atoms. The highest BCUT2D eigenvalue weighted by Gasteiger charge is 2.31. The Labute approximate surface area is 160 Å². The molecule has 27 heavy (non-hydrogen) atoms. The molecule has 6 atom stereocenters. The van der Waals surface area contributed by atoms with E-state index in [1.807, 2.05) is 5.32 Å². The van der Waals surface area contributed by atoms with Crippen LogP contribution in [0.5, 0.6) is 0 Å². The van der Waals surface area contributed by atoms with E-state index in [0.29, 0.717) is 0 Å². The molecule has 156 valence electrons. The zero-order valence-corrected chi connectivity index (χ0v) is 15.7. The summed E-state index contributed by atoms with van der Waals surface area (Å²) in [6.45, 7) is 1.56. The van der Waals surface area contributed by atoms with Gasteiger partial charge in [-0.3, -0.25) is 14.4 Å². The van der Waals surface area contributed by atoms with Gasteiger partial charge in [-0.2, -0.15) is 12.6 Å². The number of hydrogen-bond acceptors (Lipinski definition) is 9. The fraction of sp³-hybridized carbons (Fsp3) is 0.714. The lowest BCUT2D eigenvalue weighted by atomic mass is 10.1. The van der Waals surface area contributed by atoms with Gasteiger partial charge in [0.05, 0.1) is 18.8 Å². The van der Waals surface area contributed by atoms with E-state index in [1.165, 1.54) is 6.92 Å². The van der Waals surface area contributed by atoms with Crippen molar-refractivity contribution in [1.29, 1.82) is 0 Å². The molecule has 0 aliphatic heterocycles. The van der Waals surface area contributed by atoms with Crippen LogP contribution in [-0.2, 0) is 19.2 Å². The van der Waals surface area contributed by atoms with Gasteiger partial charge in [0, 0.05) is 5.75 Å². The van der Waals surface area contributed by atoms with Gasteiger partial charge in [-0.05, 0) is 13.8 Å². The van der Waals surface area contributed by atoms with E-state index < -0.39 is 66.7 Å². The summed E-state index contributed by atoms with van der Waals surface area (Å²) in [4.78, 5) is 47.0. The molecular formula is C14H26N4O8S. The lowest BCUT2D eigenvalue weighted by molar-refractivity contribution is -0.145. The standard InChI is InChI=1S/C14H26N4O8S/c1-5(20)9(15)13(24)17-8(4-27)12(23)16-7(3-19)11(22)18-10(6(2)21)14(25)26/h5-10,19-21,27H,3-4,15H2,1-2H3,(H,16,23)(H,17,24)(H,18,22)(H,25,26). The first-order valence-corrected chi connectivity index (χ1v) is 8.56. The minimum atomic E-state index is -1.65. The molecule has 0 saturated carbocycles. The Hall–Kier alpha value is -1.93. The number of rotatable bonds is 11. The van der Waals surface area contributed by atoms with Gasteiger partial charge in [0.25, 0.3) is 0 Å². The van der Waals surface area contributed by atoms with Crippen LogP contribution in [0.3, 0.4) is 0 Å². The first-order chi connectivity index (χ1) is 12.5. The van der Waals surface area contributed by atoms with Crippen LogP contribution >= 0.6 is 12.6 Å². The number of amides is 3. The second kappa shape index (κ2) is 11.7. The smallest absolute Gasteiger partial charge is 0.328 e. The van der Waals surface area contributed by atoms with Crippen molar-refractivity contribution in [2.24, 2.45) is 5.73 Å². The Bertz CT molecular complexity index is 545. The zero-order chi connectivity index (χ0) is 21.3. The van der Waals surface area contributed by atoms with Crippen LogP contribution in [0, 0.1) is 0 Å². The van der Waals surface area contributed by atoms with Crippen LogP contribution in [0.1, 0.15) is 13.8 Å². The SMILES string of the molecule is CC(O)C(N)C(=O)NC(CS)C(=O)NC(CO)C(=O)NC(C(=O)O)C(C)O. The molecule has 0 aromatic heterocycles. The summed E-state index contributed by atoms with van der Waals surface area (Å²) in [5.74, 6) is -4.47. The fourth-order valence-electron chi connectivity index (χ4n) is 1.79. The van der Waals surface area contributed by atoms with Crippen molar-refractivity contribution in [3.8, 4) is 0 Å². The normalized spacial score (nSPS) is 17.6. The highest BCUT2D eigenvalue weighted by atomic mass is 32.1. The van der Waals surface area contributed by atoms with Gasteiger partial charge in [0.2, 0.25) is 17.7 Å². The second-order valence-electron chi connectivity index (χ2n) is 5.82. The maximum absolute atomic E-state index is 12.2. The van der Waals surface area contributed by atoms with Crippen LogP contribution in [0.4, 0.5) is 0 Å². The van der Waals surface area contributed by atoms with Crippen molar-refractivity contribution in [2.45, 2.75) is 50.2 Å². The number of nitrogens with two attached hydrogens (primary N) is 1. The van der Waals surface area contributed by atoms with E-state index in [9.17, 15) is 34.5 Å². The second-order valence-corrected chi connectivity index (χ2v) is 6.18. The quantitative estimate of drug-likeness (QED) is 0.150. The molecule has 12 nitrogen and oxygen atoms in total. The van der Waals surface area contributed by atoms with Crippen LogP contribution in [0.15, 0.2) is 0 Å². The van der Waals surface area contributed by atoms with Crippen molar-refractivity contribution in [3.63, 3.8) is 0 Å². The number of hydrogen-bond donors (Lipinski definition) is 9. The Morgan fingerprint density at radius 1 is 0.926 bits per heavy atom. The number of carbonyl (C=O) groups excluding carboxylic acids is 3. The lowest BCUT2D eigenvalue weighted by Gasteiger charge is -2.24. The number of aliphatic carboxylic acids is 1. The maximum Gasteiger partial charge on any atom is 0.328 e. The number of carboxylic acid groups (broad SMARTS) is 1. The molecule has 0 aromatic rings. The molecular weight excluding hydrogens is 384 g/mol. The number of thiol groups is 1. The summed E-state index contributed by atoms with van der Waals surface area (Å²) in [5, 5.41) is 43.2. The zero-order valence-electron chi connectivity index (χ0n) is 14.8. The largest absolute Gasteiger partial charge is 0.480 e. The molecule has 0 spiro atoms. The summed E-state index contributed by atoms with van der Waals surface area (Å²) in [5.41, 5.74) is 5.45. The summed E-state index contributed by atoms with van der Waals surface area (Å²) < 4.78 is 0. The summed E-state index contributed by atoms with van der Waals surface area (Å²) in [6, 6.07) is -5.71. The van der Waals surface area contributed by atoms with Crippen molar-refractivity contribution in [3.05, 3.63) is 0 Å². The van der Waals surface area contributed by atoms with Crippen LogP contribution < -0.4 is 21.7 Å². The molecule has 9 N–H and O–H groups in total. The molecule has 0 aliphatic rings. The topological polar surface area (TPSA) is 211 Å². The van der Waals surface area contributed by atoms with Gasteiger partial charge in [-0.25, -0.2) is 4.79 Å². The fourth-order valence-corrected chi connectivity index (χ4v) is 2.05. The monoisotopic (exact) mass is 410 g/mol. The molecule has 0 saturated heterocycles. The van der Waals surface area contributed by atoms with Gasteiger partial charge in [0.1, 0.15) is 18.1 Å². The predicted molar refractivity (Wildman–Crippen MR) is 95.7 cm³/mol. The average Bonchev–Trinajstić information content (AvgIpc) is 2.59. The van der Waals surface area contributed by atoms with E-state index >= 15 is 0 Å². The van der Waals surface area contributed by atoms with Crippen LogP contribution in [-0.4, -0.2) is 92.9 Å². The molecule has 13 heteroatoms. The lowest BCUT2D eigenvalue weighted by Crippen LogP contribution is -2.60. The molecule has 0 aliphatic carbocycles. The highest BCUT2D eigenvalue weighted by Crippen LogP contribution is 1.98. The van der Waals surface area contributed by atoms with Gasteiger partial charge < -0.3 is 42.1 Å². The average molecular weight is 410 g/mol. The van der Waals surface area contributed by atoms with Gasteiger partial charge in [-0.15, -0.1) is 0 Å². The minimum absolute atomic E-state index is 0.185. The van der Waals surface area contributed by atoms with E-state index in [1.54, 1.807) is 0 Å². The van der Waals surface area contributed by atoms with Crippen molar-refractivity contribution in [1.82, 2.24) is 16.0 Å². The van der Waals surface area contributed by atoms with Gasteiger partial charge >= 0.3 is 5.97 Å². The van der Waals surface area contributed by atoms with Crippen molar-refractivity contribution < 1.29 is 39.6 Å². The molecule has 0 fully saturated rings. The van der Waals surface area contributed by atoms with Gasteiger partial charge in [-0.1, -0.05) is 0 Å². The Kier molecular flexibility index (Phi) is 10.9. The number of nitrogens with one attached hydrogen (secondary N) is 3. The molecule has 0 radical (unpaired) electrons. The number of carboxylic acids is 1. The Balaban J connectivity index is 5.00. The predicted octanol–water partition coefficient (Wildman–Crippen LogP) is -4.46. The van der Waals surface area contributed by atoms with E-state index in [-0.39, 0.29) is 5.75 Å². The highest BCUT2D eigenvalue weighted by molar-refractivity contribution is 7.80. The Morgan fingerprint density at radius 2 is 1.41 bits per heavy atom. The molecule has 0 heterocycles. The molecule has 0 rings (SSSR count). The molecule has 6 unspecified atom stereocenters. The molecule has 0 aromatic carbocycles. The third kappa shape index (κ3) is 8.09. The summed E-state index contributed by atoms with van der Waals surface area (Å²) in [6.07, 6.45) is -2.59. The van der Waals surface area contributed by atoms with Gasteiger partial charge in [0.15, 0.2) is 6.04 Å². The van der Waals surface area contributed by atoms with E-state index in [2.05, 4.69) is 23.3 Å². The van der Waals surface area contributed by atoms with E-state index in [0.717, 1.165) is 6.92 Å². The third-order valence-electron chi connectivity index (χ3n) is 3.50. The first kappa shape index (κ1) is 25.1. The summed E-state index contributed by atoms with van der Waals surface area (Å²) >= 11 is 3.91. The van der Waals surface area contributed by atoms with Crippen LogP contribution in [0.2, 0.25) is 0 Å². The minimum Gasteiger partial charge on any atom is -0.480 e. The summed E-state index contributed by atoms with van der Waals surface area (Å²) in [7, 11) is 0. The first-order valence-electron chi connectivity index (χ1n) is 7.93. The van der Waals surface area contributed by atoms with Crippen molar-refractivity contribution in [2.75, 3.05) is 12.4 Å². The number of carbonyl (C=O) groups is 4. The third-order valence-corrected chi connectivity index (χ3v) is 3.86. The Morgan fingerprint density at radius 3 is 1.78 bits per heavy atom. The van der Waals surface area contributed by atoms with Crippen LogP contribution in [0.25, 0.3) is 0 Å².